The number of carbonyl (C=O) groups is 4. The van der Waals surface area contributed by atoms with E-state index in [1.807, 2.05) is 64.1 Å². The average molecular weight is 1380 g/mol. The number of quaternary nitrogens is 1. The van der Waals surface area contributed by atoms with Crippen molar-refractivity contribution in [3.63, 3.8) is 0 Å². The first-order chi connectivity index (χ1) is 45.8. The second-order valence-corrected chi connectivity index (χ2v) is 30.1. The highest BCUT2D eigenvalue weighted by molar-refractivity contribution is 7.89. The number of piperidine rings is 2. The number of hydrogen-bond acceptors (Lipinski definition) is 13. The van der Waals surface area contributed by atoms with Gasteiger partial charge in [-0.3, -0.25) is 35.1 Å². The van der Waals surface area contributed by atoms with E-state index >= 15 is 4.39 Å². The second-order valence-electron chi connectivity index (χ2n) is 25.8. The van der Waals surface area contributed by atoms with Gasteiger partial charge in [0.25, 0.3) is 5.91 Å². The lowest BCUT2D eigenvalue weighted by Gasteiger charge is -2.42. The van der Waals surface area contributed by atoms with E-state index in [0.717, 1.165) is 66.7 Å². The van der Waals surface area contributed by atoms with Crippen LogP contribution in [-0.4, -0.2) is 150 Å². The van der Waals surface area contributed by atoms with E-state index in [4.69, 9.17) is 24.4 Å². The van der Waals surface area contributed by atoms with E-state index in [1.54, 1.807) is 53.4 Å². The number of likely N-dealkylation sites (tertiary alicyclic amines) is 2. The summed E-state index contributed by atoms with van der Waals surface area (Å²) in [5.74, 6) is -2.06. The number of carboxylic acids is 1. The van der Waals surface area contributed by atoms with Crippen LogP contribution in [0.15, 0.2) is 148 Å². The molecule has 0 aromatic heterocycles. The first-order valence-electron chi connectivity index (χ1n) is 32.2. The molecule has 97 heavy (non-hydrogen) atoms. The van der Waals surface area contributed by atoms with Gasteiger partial charge in [0.1, 0.15) is 52.6 Å². The minimum absolute atomic E-state index is 0.0660. The SMILES string of the molecule is CC(C)Oc1cccc(CN2CCC3(CC2)C(=O)NC(=O)N3c2cc(F)ccc2-c2ccc(S(=O)(=O)N(C)C)cc2)c1.CC(C)Oc1cccc(C[NH+]2CCC3(CC2)C(=NC2CCCCC2)NC(=O)N3c2cc(F)ccc2-c2ccc(S(=O)(=O)N(C)C)cc2)c1.O=C([O-])C(F)(F)F. The van der Waals surface area contributed by atoms with E-state index < -0.39 is 66.8 Å². The first kappa shape index (κ1) is 72.9. The third kappa shape index (κ3) is 16.8. The quantitative estimate of drug-likeness (QED) is 0.0572. The predicted octanol–water partition coefficient (Wildman–Crippen LogP) is 9.33. The molecule has 0 unspecified atom stereocenters. The van der Waals surface area contributed by atoms with Gasteiger partial charge in [-0.2, -0.15) is 13.2 Å². The number of amides is 5. The Balaban J connectivity index is 0.000000208. The number of ether oxygens (including phenoxy) is 2. The molecule has 2 spiro atoms. The van der Waals surface area contributed by atoms with Gasteiger partial charge in [0, 0.05) is 77.4 Å². The molecular weight excluding hydrogens is 1300 g/mol. The number of alkyl halides is 3. The molecule has 4 heterocycles. The summed E-state index contributed by atoms with van der Waals surface area (Å²) in [7, 11) is -1.38. The van der Waals surface area contributed by atoms with Crippen LogP contribution in [0.5, 0.6) is 11.5 Å². The van der Waals surface area contributed by atoms with Gasteiger partial charge in [-0.15, -0.1) is 0 Å². The van der Waals surface area contributed by atoms with E-state index in [-0.39, 0.29) is 39.8 Å². The van der Waals surface area contributed by atoms with Gasteiger partial charge in [0.05, 0.1) is 52.5 Å². The fourth-order valence-electron chi connectivity index (χ4n) is 13.0. The molecule has 1 aliphatic carbocycles. The lowest BCUT2D eigenvalue weighted by molar-refractivity contribution is -0.919. The van der Waals surface area contributed by atoms with Crippen LogP contribution >= 0.6 is 0 Å². The van der Waals surface area contributed by atoms with Crippen molar-refractivity contribution in [2.75, 3.05) is 64.2 Å². The summed E-state index contributed by atoms with van der Waals surface area (Å²) in [5.41, 5.74) is 3.50. The molecule has 6 aromatic rings. The molecule has 5 fully saturated rings. The first-order valence-corrected chi connectivity index (χ1v) is 35.0. The standard InChI is InChI=1S/C37H46FN5O4S.C31H35FN4O5S.C2HF3O2/c1-26(2)47-31-12-8-9-27(23-31)25-42-21-19-37(20-22-42)35(39-30-10-6-5-7-11-30)40-36(44)43(37)34-24-29(38)15-18-33(34)28-13-16-32(17-14-28)48(45,46)41(3)4;1-21(2)41-25-7-5-6-22(18-25)20-35-16-14-31(15-17-35)29(37)33-30(38)36(31)28-19-24(32)10-13-27(28)23-8-11-26(12-9-23)42(39,40)34(3)4;3-2(4,5)1(6)7/h8-9,12-18,23-24,26,30H,5-7,10-11,19-22,25H2,1-4H3,(H,39,40,44);5-13,18-19,21H,14-17,20H2,1-4H3,(H,33,37,38);(H,6,7). The third-order valence-electron chi connectivity index (χ3n) is 17.8. The molecule has 5 amide bonds. The Kier molecular flexibility index (Phi) is 22.7. The van der Waals surface area contributed by atoms with E-state index in [1.165, 1.54) is 90.7 Å². The van der Waals surface area contributed by atoms with E-state index in [2.05, 4.69) is 27.7 Å². The van der Waals surface area contributed by atoms with Crippen LogP contribution in [0.4, 0.5) is 42.9 Å². The number of aliphatic imine (C=N–C) groups is 1. The van der Waals surface area contributed by atoms with Crippen LogP contribution in [0, 0.1) is 11.6 Å². The van der Waals surface area contributed by atoms with E-state index in [9.17, 15) is 48.8 Å². The number of imide groups is 1. The van der Waals surface area contributed by atoms with Gasteiger partial charge in [-0.25, -0.2) is 43.8 Å². The fraction of sp³-hybridized carbons (Fsp3) is 0.414. The average Bonchev–Trinajstić information content (AvgIpc) is 1.62. The molecule has 4 saturated heterocycles. The number of benzene rings is 6. The molecule has 5 aliphatic rings. The molecule has 0 bridgehead atoms. The van der Waals surface area contributed by atoms with Crippen LogP contribution in [0.2, 0.25) is 0 Å². The molecule has 0 radical (unpaired) electrons. The third-order valence-corrected chi connectivity index (χ3v) is 21.5. The van der Waals surface area contributed by atoms with Crippen molar-refractivity contribution in [3.05, 3.63) is 156 Å². The number of urea groups is 2. The summed E-state index contributed by atoms with van der Waals surface area (Å²) in [5, 5.41) is 14.4. The van der Waals surface area contributed by atoms with E-state index in [0.29, 0.717) is 79.1 Å². The maximum Gasteiger partial charge on any atom is 0.430 e. The summed E-state index contributed by atoms with van der Waals surface area (Å²) in [6.07, 6.45) is 2.45. The Labute approximate surface area is 563 Å². The maximum atomic E-state index is 15.1. The molecule has 3 N–H and O–H groups in total. The highest BCUT2D eigenvalue weighted by Crippen LogP contribution is 2.45. The summed E-state index contributed by atoms with van der Waals surface area (Å²) >= 11 is 0. The van der Waals surface area contributed by atoms with Crippen molar-refractivity contribution in [1.29, 1.82) is 0 Å². The lowest BCUT2D eigenvalue weighted by Crippen LogP contribution is -3.12. The number of halogens is 5. The summed E-state index contributed by atoms with van der Waals surface area (Å²) in [6, 6.07) is 36.7. The second kappa shape index (κ2) is 30.2. The zero-order valence-corrected chi connectivity index (χ0v) is 57.1. The van der Waals surface area contributed by atoms with Crippen molar-refractivity contribution < 1.29 is 77.4 Å². The van der Waals surface area contributed by atoms with Gasteiger partial charge in [-0.1, -0.05) is 67.8 Å². The summed E-state index contributed by atoms with van der Waals surface area (Å²) < 4.78 is 126. The van der Waals surface area contributed by atoms with Crippen LogP contribution in [0.1, 0.15) is 96.6 Å². The van der Waals surface area contributed by atoms with Crippen molar-refractivity contribution in [2.24, 2.45) is 4.99 Å². The predicted molar refractivity (Wildman–Crippen MR) is 356 cm³/mol. The van der Waals surface area contributed by atoms with Crippen molar-refractivity contribution in [2.45, 2.75) is 144 Å². The van der Waals surface area contributed by atoms with Gasteiger partial charge in [0.2, 0.25) is 20.0 Å². The molecule has 27 heteroatoms. The summed E-state index contributed by atoms with van der Waals surface area (Å²) in [6.45, 7) is 12.2. The highest BCUT2D eigenvalue weighted by atomic mass is 32.2. The van der Waals surface area contributed by atoms with Crippen LogP contribution in [0.25, 0.3) is 22.3 Å². The molecular formula is C70H82F5N9O11S2. The molecule has 520 valence electrons. The molecule has 6 aromatic carbocycles. The molecule has 0 atom stereocenters. The van der Waals surface area contributed by atoms with Gasteiger partial charge in [0.15, 0.2) is 0 Å². The zero-order chi connectivity index (χ0) is 70.4. The topological polar surface area (TPSA) is 235 Å². The minimum Gasteiger partial charge on any atom is -0.542 e. The highest BCUT2D eigenvalue weighted by Gasteiger charge is 2.57. The largest absolute Gasteiger partial charge is 0.542 e. The Morgan fingerprint density at radius 1 is 0.629 bits per heavy atom. The smallest absolute Gasteiger partial charge is 0.430 e. The normalized spacial score (nSPS) is 19.7. The number of nitrogens with one attached hydrogen (secondary N) is 3. The number of nitrogens with zero attached hydrogens (tertiary/aromatic N) is 6. The van der Waals surface area contributed by atoms with Crippen molar-refractivity contribution >= 4 is 61.2 Å². The fourth-order valence-corrected chi connectivity index (χ4v) is 14.8. The number of carboxylic acid groups (broad SMARTS) is 1. The van der Waals surface area contributed by atoms with Gasteiger partial charge >= 0.3 is 18.2 Å². The van der Waals surface area contributed by atoms with Gasteiger partial charge < -0.3 is 24.3 Å². The van der Waals surface area contributed by atoms with Crippen LogP contribution in [0.3, 0.4) is 0 Å². The Bertz CT molecular complexity index is 4100. The molecule has 11 rings (SSSR count). The number of carbonyl (C=O) groups excluding carboxylic acids is 4. The number of aliphatic carboxylic acids is 1. The molecule has 20 nitrogen and oxygen atoms in total. The molecule has 4 aliphatic heterocycles. The van der Waals surface area contributed by atoms with Crippen LogP contribution < -0.4 is 39.9 Å². The van der Waals surface area contributed by atoms with Crippen LogP contribution in [-0.2, 0) is 42.7 Å². The lowest BCUT2D eigenvalue weighted by atomic mass is 9.84. The Morgan fingerprint density at radius 3 is 1.53 bits per heavy atom. The Hall–Kier alpha value is -8.34. The monoisotopic (exact) mass is 1380 g/mol. The number of hydrogen-bond donors (Lipinski definition) is 3. The minimum atomic E-state index is -5.19. The summed E-state index contributed by atoms with van der Waals surface area (Å²) in [4.78, 5) is 61.7. The zero-order valence-electron chi connectivity index (χ0n) is 55.4. The number of rotatable bonds is 17. The molecule has 1 saturated carbocycles. The number of amidine groups is 1. The number of sulfonamides is 2. The van der Waals surface area contributed by atoms with Gasteiger partial charge in [-0.05, 0) is 155 Å². The van der Waals surface area contributed by atoms with Crippen molar-refractivity contribution in [3.8, 4) is 33.8 Å². The van der Waals surface area contributed by atoms with Crippen molar-refractivity contribution in [1.82, 2.24) is 24.1 Å². The maximum absolute atomic E-state index is 15.1. The Morgan fingerprint density at radius 2 is 1.07 bits per heavy atom. The number of anilines is 2.